The van der Waals surface area contributed by atoms with Gasteiger partial charge in [0, 0.05) is 33.1 Å². The summed E-state index contributed by atoms with van der Waals surface area (Å²) in [7, 11) is 0. The summed E-state index contributed by atoms with van der Waals surface area (Å²) in [5.41, 5.74) is 0.569. The molecule has 16 heavy (non-hydrogen) atoms. The summed E-state index contributed by atoms with van der Waals surface area (Å²) in [6.45, 7) is 9.73. The van der Waals surface area contributed by atoms with E-state index < -0.39 is 0 Å². The van der Waals surface area contributed by atoms with Crippen molar-refractivity contribution in [1.82, 2.24) is 9.80 Å². The molecule has 0 atom stereocenters. The summed E-state index contributed by atoms with van der Waals surface area (Å²) in [5, 5.41) is 0. The summed E-state index contributed by atoms with van der Waals surface area (Å²) in [6.07, 6.45) is 5.06. The smallest absolute Gasteiger partial charge is 0.219 e. The van der Waals surface area contributed by atoms with Crippen molar-refractivity contribution in [3.63, 3.8) is 0 Å². The number of likely N-dealkylation sites (tertiary alicyclic amines) is 2. The van der Waals surface area contributed by atoms with Gasteiger partial charge < -0.3 is 9.80 Å². The Morgan fingerprint density at radius 3 is 2.38 bits per heavy atom. The molecule has 1 spiro atoms. The Labute approximate surface area is 98.8 Å². The van der Waals surface area contributed by atoms with E-state index in [-0.39, 0.29) is 5.91 Å². The highest BCUT2D eigenvalue weighted by atomic mass is 16.2. The minimum absolute atomic E-state index is 0.247. The molecular formula is C13H24N2O. The Bertz CT molecular complexity index is 249. The van der Waals surface area contributed by atoms with Crippen LogP contribution in [0.5, 0.6) is 0 Å². The average Bonchev–Trinajstić information content (AvgIpc) is 2.24. The number of carbonyl (C=O) groups excluding carboxylic acids is 1. The van der Waals surface area contributed by atoms with E-state index in [1.807, 2.05) is 4.90 Å². The minimum atomic E-state index is 0.247. The number of nitrogens with zero attached hydrogens (tertiary/aromatic N) is 2. The molecule has 0 aromatic heterocycles. The van der Waals surface area contributed by atoms with E-state index in [1.54, 1.807) is 6.92 Å². The van der Waals surface area contributed by atoms with Crippen LogP contribution in [0.2, 0.25) is 0 Å². The maximum atomic E-state index is 11.2. The quantitative estimate of drug-likeness (QED) is 0.729. The Hall–Kier alpha value is -0.570. The zero-order chi connectivity index (χ0) is 11.6. The first-order valence-electron chi connectivity index (χ1n) is 6.63. The fraction of sp³-hybridized carbons (Fsp3) is 0.923. The molecule has 0 unspecified atom stereocenters. The summed E-state index contributed by atoms with van der Waals surface area (Å²) in [5.74, 6) is 0.247. The zero-order valence-electron chi connectivity index (χ0n) is 10.7. The molecule has 0 aromatic carbocycles. The molecule has 0 radical (unpaired) electrons. The van der Waals surface area contributed by atoms with Crippen molar-refractivity contribution in [2.75, 3.05) is 32.7 Å². The van der Waals surface area contributed by atoms with Crippen LogP contribution in [0.15, 0.2) is 0 Å². The van der Waals surface area contributed by atoms with Gasteiger partial charge in [-0.2, -0.15) is 0 Å². The standard InChI is InChI=1S/C13H24N2O/c1-3-4-7-14-10-13(11-14)5-8-15(9-6-13)12(2)16/h3-11H2,1-2H3. The van der Waals surface area contributed by atoms with Gasteiger partial charge in [0.25, 0.3) is 0 Å². The van der Waals surface area contributed by atoms with Crippen molar-refractivity contribution in [3.8, 4) is 0 Å². The Balaban J connectivity index is 1.72. The van der Waals surface area contributed by atoms with E-state index in [2.05, 4.69) is 11.8 Å². The number of amides is 1. The lowest BCUT2D eigenvalue weighted by Crippen LogP contribution is -2.60. The number of unbranched alkanes of at least 4 members (excludes halogenated alkanes) is 1. The summed E-state index contributed by atoms with van der Waals surface area (Å²) in [6, 6.07) is 0. The summed E-state index contributed by atoms with van der Waals surface area (Å²) >= 11 is 0. The Kier molecular flexibility index (Phi) is 3.53. The van der Waals surface area contributed by atoms with Gasteiger partial charge in [-0.3, -0.25) is 4.79 Å². The molecule has 2 saturated heterocycles. The molecule has 3 nitrogen and oxygen atoms in total. The van der Waals surface area contributed by atoms with Crippen LogP contribution in [0.3, 0.4) is 0 Å². The number of hydrogen-bond donors (Lipinski definition) is 0. The van der Waals surface area contributed by atoms with Crippen LogP contribution >= 0.6 is 0 Å². The summed E-state index contributed by atoms with van der Waals surface area (Å²) in [4.78, 5) is 15.8. The van der Waals surface area contributed by atoms with E-state index in [0.717, 1.165) is 13.1 Å². The number of rotatable bonds is 3. The van der Waals surface area contributed by atoms with Gasteiger partial charge in [0.2, 0.25) is 5.91 Å². The normalized spacial score (nSPS) is 24.5. The second-order valence-electron chi connectivity index (χ2n) is 5.57. The molecule has 0 bridgehead atoms. The second kappa shape index (κ2) is 4.74. The largest absolute Gasteiger partial charge is 0.343 e. The van der Waals surface area contributed by atoms with Gasteiger partial charge in [-0.1, -0.05) is 13.3 Å². The van der Waals surface area contributed by atoms with E-state index in [4.69, 9.17) is 0 Å². The van der Waals surface area contributed by atoms with Crippen molar-refractivity contribution < 1.29 is 4.79 Å². The van der Waals surface area contributed by atoms with Gasteiger partial charge in [0.05, 0.1) is 0 Å². The van der Waals surface area contributed by atoms with E-state index in [9.17, 15) is 4.79 Å². The number of hydrogen-bond acceptors (Lipinski definition) is 2. The molecule has 92 valence electrons. The van der Waals surface area contributed by atoms with Gasteiger partial charge in [0.1, 0.15) is 0 Å². The number of piperidine rings is 1. The van der Waals surface area contributed by atoms with Crippen LogP contribution in [0, 0.1) is 5.41 Å². The van der Waals surface area contributed by atoms with Crippen molar-refractivity contribution in [2.45, 2.75) is 39.5 Å². The van der Waals surface area contributed by atoms with E-state index >= 15 is 0 Å². The van der Waals surface area contributed by atoms with Crippen LogP contribution in [-0.2, 0) is 4.79 Å². The zero-order valence-corrected chi connectivity index (χ0v) is 10.7. The minimum Gasteiger partial charge on any atom is -0.343 e. The molecule has 3 heteroatoms. The predicted molar refractivity (Wildman–Crippen MR) is 65.3 cm³/mol. The lowest BCUT2D eigenvalue weighted by atomic mass is 9.72. The Morgan fingerprint density at radius 2 is 1.88 bits per heavy atom. The molecule has 0 N–H and O–H groups in total. The van der Waals surface area contributed by atoms with Gasteiger partial charge in [-0.05, 0) is 31.2 Å². The van der Waals surface area contributed by atoms with Gasteiger partial charge in [-0.25, -0.2) is 0 Å². The SMILES string of the molecule is CCCCN1CC2(CCN(C(C)=O)CC2)C1. The molecule has 2 heterocycles. The average molecular weight is 224 g/mol. The molecule has 2 rings (SSSR count). The molecule has 2 aliphatic heterocycles. The number of carbonyl (C=O) groups is 1. The molecule has 0 saturated carbocycles. The lowest BCUT2D eigenvalue weighted by Gasteiger charge is -2.54. The van der Waals surface area contributed by atoms with Crippen LogP contribution < -0.4 is 0 Å². The third kappa shape index (κ3) is 2.40. The highest BCUT2D eigenvalue weighted by Crippen LogP contribution is 2.40. The molecule has 1 amide bonds. The highest BCUT2D eigenvalue weighted by molar-refractivity contribution is 5.73. The van der Waals surface area contributed by atoms with Crippen molar-refractivity contribution in [2.24, 2.45) is 5.41 Å². The van der Waals surface area contributed by atoms with Gasteiger partial charge >= 0.3 is 0 Å². The van der Waals surface area contributed by atoms with Crippen LogP contribution in [0.4, 0.5) is 0 Å². The van der Waals surface area contributed by atoms with Gasteiger partial charge in [0.15, 0.2) is 0 Å². The van der Waals surface area contributed by atoms with Crippen LogP contribution in [-0.4, -0.2) is 48.4 Å². The second-order valence-corrected chi connectivity index (χ2v) is 5.57. The predicted octanol–water partition coefficient (Wildman–Crippen LogP) is 1.73. The van der Waals surface area contributed by atoms with E-state index in [1.165, 1.54) is 45.3 Å². The molecule has 0 aliphatic carbocycles. The van der Waals surface area contributed by atoms with Crippen molar-refractivity contribution in [3.05, 3.63) is 0 Å². The molecule has 2 aliphatic rings. The summed E-state index contributed by atoms with van der Waals surface area (Å²) < 4.78 is 0. The maximum Gasteiger partial charge on any atom is 0.219 e. The third-order valence-electron chi connectivity index (χ3n) is 4.22. The lowest BCUT2D eigenvalue weighted by molar-refractivity contribution is -0.133. The maximum absolute atomic E-state index is 11.2. The van der Waals surface area contributed by atoms with Gasteiger partial charge in [-0.15, -0.1) is 0 Å². The first kappa shape index (κ1) is 11.9. The first-order valence-corrected chi connectivity index (χ1v) is 6.63. The fourth-order valence-corrected chi connectivity index (χ4v) is 3.05. The van der Waals surface area contributed by atoms with Crippen molar-refractivity contribution in [1.29, 1.82) is 0 Å². The monoisotopic (exact) mass is 224 g/mol. The first-order chi connectivity index (χ1) is 7.65. The van der Waals surface area contributed by atoms with Crippen LogP contribution in [0.25, 0.3) is 0 Å². The topological polar surface area (TPSA) is 23.6 Å². The molecule has 2 fully saturated rings. The highest BCUT2D eigenvalue weighted by Gasteiger charge is 2.44. The van der Waals surface area contributed by atoms with Crippen LogP contribution in [0.1, 0.15) is 39.5 Å². The third-order valence-corrected chi connectivity index (χ3v) is 4.22. The van der Waals surface area contributed by atoms with Crippen molar-refractivity contribution >= 4 is 5.91 Å². The fourth-order valence-electron chi connectivity index (χ4n) is 3.05. The molecule has 0 aromatic rings. The Morgan fingerprint density at radius 1 is 1.25 bits per heavy atom. The molecular weight excluding hydrogens is 200 g/mol. The van der Waals surface area contributed by atoms with E-state index in [0.29, 0.717) is 5.41 Å².